The number of aliphatic hydroxyl groups is 1. The molecule has 4 heteroatoms. The van der Waals surface area contributed by atoms with Crippen LogP contribution in [-0.2, 0) is 9.53 Å². The quantitative estimate of drug-likeness (QED) is 0.347. The van der Waals surface area contributed by atoms with Crippen LogP contribution in [0.4, 0.5) is 0 Å². The third kappa shape index (κ3) is 2.76. The van der Waals surface area contributed by atoms with Crippen molar-refractivity contribution in [1.82, 2.24) is 0 Å². The monoisotopic (exact) mass is 144 g/mol. The molecular formula is C6H8O4. The minimum Gasteiger partial charge on any atom is -0.516 e. The van der Waals surface area contributed by atoms with Gasteiger partial charge in [0, 0.05) is 0 Å². The zero-order valence-corrected chi connectivity index (χ0v) is 5.44. The van der Waals surface area contributed by atoms with Crippen molar-refractivity contribution in [1.29, 1.82) is 0 Å². The topological polar surface area (TPSA) is 66.8 Å². The summed E-state index contributed by atoms with van der Waals surface area (Å²) >= 11 is 0. The van der Waals surface area contributed by atoms with Crippen LogP contribution in [0, 0.1) is 0 Å². The molecule has 0 spiro atoms. The number of aliphatic hydroxyl groups excluding tert-OH is 1. The molecule has 0 amide bonds. The van der Waals surface area contributed by atoms with Crippen LogP contribution in [0.25, 0.3) is 0 Å². The van der Waals surface area contributed by atoms with Gasteiger partial charge in [-0.15, -0.1) is 0 Å². The molecule has 0 saturated carbocycles. The van der Waals surface area contributed by atoms with Crippen molar-refractivity contribution in [3.63, 3.8) is 0 Å². The van der Waals surface area contributed by atoms with Gasteiger partial charge in [-0.2, -0.15) is 0 Å². The van der Waals surface area contributed by atoms with Gasteiger partial charge in [-0.05, 0) is 6.08 Å². The van der Waals surface area contributed by atoms with E-state index in [0.717, 1.165) is 12.3 Å². The molecule has 0 aliphatic rings. The zero-order chi connectivity index (χ0) is 7.98. The third-order valence-corrected chi connectivity index (χ3v) is 0.746. The first-order valence-electron chi connectivity index (χ1n) is 2.49. The van der Waals surface area contributed by atoms with Gasteiger partial charge in [0.05, 0.1) is 25.2 Å². The van der Waals surface area contributed by atoms with E-state index in [-0.39, 0.29) is 5.57 Å². The highest BCUT2D eigenvalue weighted by atomic mass is 16.5. The van der Waals surface area contributed by atoms with Crippen LogP contribution in [0.2, 0.25) is 0 Å². The summed E-state index contributed by atoms with van der Waals surface area (Å²) in [4.78, 5) is 10.2. The minimum absolute atomic E-state index is 0.106. The molecule has 4 nitrogen and oxygen atoms in total. The molecule has 56 valence electrons. The number of carboxylic acids is 1. The summed E-state index contributed by atoms with van der Waals surface area (Å²) in [6, 6.07) is 0. The lowest BCUT2D eigenvalue weighted by Crippen LogP contribution is -1.97. The van der Waals surface area contributed by atoms with Gasteiger partial charge >= 0.3 is 5.97 Å². The summed E-state index contributed by atoms with van der Waals surface area (Å²) in [5.41, 5.74) is -0.106. The largest absolute Gasteiger partial charge is 0.516 e. The molecule has 0 aliphatic heterocycles. The van der Waals surface area contributed by atoms with Crippen LogP contribution < -0.4 is 0 Å². The molecule has 0 aromatic rings. The van der Waals surface area contributed by atoms with Crippen molar-refractivity contribution >= 4 is 5.97 Å². The summed E-state index contributed by atoms with van der Waals surface area (Å²) in [7, 11) is 1.33. The number of rotatable bonds is 3. The highest BCUT2D eigenvalue weighted by Gasteiger charge is 2.01. The maximum atomic E-state index is 10.2. The summed E-state index contributed by atoms with van der Waals surface area (Å²) in [5, 5.41) is 16.5. The molecule has 0 aliphatic carbocycles. The molecule has 10 heavy (non-hydrogen) atoms. The number of carboxylic acid groups (broad SMARTS) is 1. The first kappa shape index (κ1) is 8.55. The summed E-state index contributed by atoms with van der Waals surface area (Å²) < 4.78 is 4.41. The molecule has 0 radical (unpaired) electrons. The molecule has 0 unspecified atom stereocenters. The maximum absolute atomic E-state index is 10.2. The molecule has 0 saturated heterocycles. The van der Waals surface area contributed by atoms with Crippen LogP contribution in [0.1, 0.15) is 0 Å². The number of carbonyl (C=O) groups is 1. The predicted molar refractivity (Wildman–Crippen MR) is 34.5 cm³/mol. The number of methoxy groups -OCH3 is 1. The van der Waals surface area contributed by atoms with Crippen molar-refractivity contribution in [3.8, 4) is 0 Å². The second kappa shape index (κ2) is 4.43. The van der Waals surface area contributed by atoms with Crippen molar-refractivity contribution in [2.24, 2.45) is 0 Å². The summed E-state index contributed by atoms with van der Waals surface area (Å²) in [6.45, 7) is 0. The fourth-order valence-electron chi connectivity index (χ4n) is 0.368. The fraction of sp³-hybridized carbons (Fsp3) is 0.167. The molecule has 0 aromatic carbocycles. The Balaban J connectivity index is 4.26. The van der Waals surface area contributed by atoms with Gasteiger partial charge in [0.15, 0.2) is 0 Å². The van der Waals surface area contributed by atoms with Gasteiger partial charge in [0.2, 0.25) is 0 Å². The highest BCUT2D eigenvalue weighted by molar-refractivity contribution is 5.89. The Bertz CT molecular complexity index is 169. The first-order chi connectivity index (χ1) is 4.72. The molecule has 0 fully saturated rings. The van der Waals surface area contributed by atoms with E-state index in [1.54, 1.807) is 0 Å². The smallest absolute Gasteiger partial charge is 0.338 e. The number of hydrogen-bond donors (Lipinski definition) is 2. The Labute approximate surface area is 58.0 Å². The van der Waals surface area contributed by atoms with Gasteiger partial charge in [-0.25, -0.2) is 4.79 Å². The van der Waals surface area contributed by atoms with E-state index in [1.165, 1.54) is 7.11 Å². The van der Waals surface area contributed by atoms with Gasteiger partial charge in [-0.1, -0.05) is 0 Å². The molecule has 0 heterocycles. The average molecular weight is 144 g/mol. The summed E-state index contributed by atoms with van der Waals surface area (Å²) in [5.74, 6) is -1.15. The molecule has 0 atom stereocenters. The van der Waals surface area contributed by atoms with Crippen molar-refractivity contribution in [3.05, 3.63) is 24.2 Å². The normalized spacial score (nSPS) is 11.9. The second-order valence-corrected chi connectivity index (χ2v) is 1.43. The number of aliphatic carboxylic acids is 1. The van der Waals surface area contributed by atoms with Crippen molar-refractivity contribution < 1.29 is 19.7 Å². The van der Waals surface area contributed by atoms with Crippen LogP contribution in [0.5, 0.6) is 0 Å². The van der Waals surface area contributed by atoms with Crippen LogP contribution in [-0.4, -0.2) is 23.3 Å². The van der Waals surface area contributed by atoms with E-state index < -0.39 is 5.97 Å². The second-order valence-electron chi connectivity index (χ2n) is 1.43. The van der Waals surface area contributed by atoms with E-state index in [1.807, 2.05) is 0 Å². The van der Waals surface area contributed by atoms with Crippen LogP contribution in [0.15, 0.2) is 24.2 Å². The third-order valence-electron chi connectivity index (χ3n) is 0.746. The molecular weight excluding hydrogens is 136 g/mol. The zero-order valence-electron chi connectivity index (χ0n) is 5.44. The first-order valence-corrected chi connectivity index (χ1v) is 2.49. The average Bonchev–Trinajstić information content (AvgIpc) is 1.87. The van der Waals surface area contributed by atoms with Crippen molar-refractivity contribution in [2.45, 2.75) is 0 Å². The fourth-order valence-corrected chi connectivity index (χ4v) is 0.368. The summed E-state index contributed by atoms with van der Waals surface area (Å²) in [6.07, 6.45) is 2.68. The maximum Gasteiger partial charge on any atom is 0.338 e. The van der Waals surface area contributed by atoms with Crippen LogP contribution >= 0.6 is 0 Å². The van der Waals surface area contributed by atoms with Gasteiger partial charge in [0.25, 0.3) is 0 Å². The van der Waals surface area contributed by atoms with E-state index in [2.05, 4.69) is 4.74 Å². The molecule has 0 aromatic heterocycles. The molecule has 2 N–H and O–H groups in total. The Hall–Kier alpha value is -1.45. The lowest BCUT2D eigenvalue weighted by molar-refractivity contribution is -0.132. The van der Waals surface area contributed by atoms with E-state index in [9.17, 15) is 4.79 Å². The van der Waals surface area contributed by atoms with Crippen LogP contribution in [0.3, 0.4) is 0 Å². The van der Waals surface area contributed by atoms with Gasteiger partial charge in [-0.3, -0.25) is 0 Å². The van der Waals surface area contributed by atoms with Gasteiger partial charge < -0.3 is 14.9 Å². The molecule has 0 rings (SSSR count). The lowest BCUT2D eigenvalue weighted by Gasteiger charge is -1.91. The van der Waals surface area contributed by atoms with Crippen molar-refractivity contribution in [2.75, 3.05) is 7.11 Å². The SMILES string of the molecule is CO/C=C(/C=C/O)C(=O)O. The standard InChI is InChI=1S/C6H8O4/c1-10-4-5(2-3-7)6(8)9/h2-4,7H,1H3,(H,8,9)/b3-2+,5-4-. The van der Waals surface area contributed by atoms with E-state index in [0.29, 0.717) is 6.26 Å². The minimum atomic E-state index is -1.15. The highest BCUT2D eigenvalue weighted by Crippen LogP contribution is 1.95. The number of hydrogen-bond acceptors (Lipinski definition) is 3. The van der Waals surface area contributed by atoms with E-state index in [4.69, 9.17) is 10.2 Å². The Kier molecular flexibility index (Phi) is 3.79. The predicted octanol–water partition coefficient (Wildman–Crippen LogP) is 0.673. The number of ether oxygens (including phenoxy) is 1. The Morgan fingerprint density at radius 3 is 2.50 bits per heavy atom. The lowest BCUT2D eigenvalue weighted by atomic mass is 10.3. The Morgan fingerprint density at radius 2 is 2.20 bits per heavy atom. The molecule has 0 bridgehead atoms. The Morgan fingerprint density at radius 1 is 1.60 bits per heavy atom. The van der Waals surface area contributed by atoms with E-state index >= 15 is 0 Å². The van der Waals surface area contributed by atoms with Gasteiger partial charge in [0.1, 0.15) is 0 Å².